The third-order valence-corrected chi connectivity index (χ3v) is 5.73. The Balaban J connectivity index is 1.48. The first-order valence-corrected chi connectivity index (χ1v) is 9.82. The van der Waals surface area contributed by atoms with Gasteiger partial charge in [-0.15, -0.1) is 0 Å². The van der Waals surface area contributed by atoms with Gasteiger partial charge >= 0.3 is 0 Å². The molecule has 2 aliphatic rings. The average Bonchev–Trinajstić information content (AvgIpc) is 2.82. The molecule has 1 aromatic carbocycles. The Kier molecular flexibility index (Phi) is 6.13. The lowest BCUT2D eigenvalue weighted by Gasteiger charge is -2.38. The summed E-state index contributed by atoms with van der Waals surface area (Å²) in [5, 5.41) is 3.18. The molecule has 1 N–H and O–H groups in total. The van der Waals surface area contributed by atoms with Gasteiger partial charge < -0.3 is 10.2 Å². The van der Waals surface area contributed by atoms with Crippen LogP contribution in [0.15, 0.2) is 24.3 Å². The maximum absolute atomic E-state index is 12.6. The monoisotopic (exact) mass is 343 g/mol. The first kappa shape index (κ1) is 18.4. The highest BCUT2D eigenvalue weighted by molar-refractivity contribution is 5.79. The number of nitrogens with one attached hydrogen (secondary N) is 1. The van der Waals surface area contributed by atoms with Crippen molar-refractivity contribution in [1.29, 1.82) is 0 Å². The van der Waals surface area contributed by atoms with Crippen molar-refractivity contribution >= 4 is 5.91 Å². The lowest BCUT2D eigenvalue weighted by Crippen LogP contribution is -2.47. The first-order chi connectivity index (χ1) is 12.1. The molecule has 2 bridgehead atoms. The second-order valence-electron chi connectivity index (χ2n) is 8.06. The number of fused-ring (bicyclic) bond motifs is 2. The average molecular weight is 344 g/mol. The van der Waals surface area contributed by atoms with Gasteiger partial charge in [0.25, 0.3) is 0 Å². The summed E-state index contributed by atoms with van der Waals surface area (Å²) in [6, 6.07) is 9.86. The smallest absolute Gasteiger partial charge is 0.223 e. The minimum Gasteiger partial charge on any atom is -0.352 e. The fourth-order valence-electron chi connectivity index (χ4n) is 4.57. The van der Waals surface area contributed by atoms with Crippen molar-refractivity contribution in [2.24, 2.45) is 5.92 Å². The fraction of sp³-hybridized carbons (Fsp3) is 0.667. The Hall–Kier alpha value is -1.39. The molecule has 25 heavy (non-hydrogen) atoms. The lowest BCUT2D eigenvalue weighted by atomic mass is 9.89. The zero-order valence-corrected chi connectivity index (χ0v) is 16.0. The van der Waals surface area contributed by atoms with E-state index in [0.29, 0.717) is 18.6 Å². The van der Waals surface area contributed by atoms with Crippen molar-refractivity contribution in [2.45, 2.75) is 64.2 Å². The van der Waals surface area contributed by atoms with Crippen molar-refractivity contribution in [1.82, 2.24) is 15.1 Å². The number of benzene rings is 1. The molecule has 0 aromatic heterocycles. The zero-order chi connectivity index (χ0) is 17.8. The normalized spacial score (nSPS) is 26.2. The summed E-state index contributed by atoms with van der Waals surface area (Å²) >= 11 is 0. The van der Waals surface area contributed by atoms with E-state index < -0.39 is 0 Å². The molecule has 0 saturated carbocycles. The van der Waals surface area contributed by atoms with Crippen LogP contribution in [-0.2, 0) is 17.9 Å². The quantitative estimate of drug-likeness (QED) is 0.827. The zero-order valence-electron chi connectivity index (χ0n) is 16.0. The van der Waals surface area contributed by atoms with Crippen molar-refractivity contribution in [3.8, 4) is 0 Å². The summed E-state index contributed by atoms with van der Waals surface area (Å²) in [5.41, 5.74) is 2.49. The van der Waals surface area contributed by atoms with Crippen LogP contribution in [0.4, 0.5) is 0 Å². The summed E-state index contributed by atoms with van der Waals surface area (Å²) in [4.78, 5) is 17.5. The summed E-state index contributed by atoms with van der Waals surface area (Å²) < 4.78 is 0. The molecule has 3 rings (SSSR count). The summed E-state index contributed by atoms with van der Waals surface area (Å²) in [6.07, 6.45) is 5.87. The molecule has 2 heterocycles. The Bertz CT molecular complexity index is 555. The van der Waals surface area contributed by atoms with Crippen molar-refractivity contribution in [3.05, 3.63) is 35.4 Å². The van der Waals surface area contributed by atoms with Crippen molar-refractivity contribution < 1.29 is 4.79 Å². The summed E-state index contributed by atoms with van der Waals surface area (Å²) in [7, 11) is 4.15. The number of rotatable bonds is 7. The van der Waals surface area contributed by atoms with Crippen LogP contribution in [0.25, 0.3) is 0 Å². The van der Waals surface area contributed by atoms with Crippen LogP contribution in [0.5, 0.6) is 0 Å². The largest absolute Gasteiger partial charge is 0.352 e. The predicted octanol–water partition coefficient (Wildman–Crippen LogP) is 3.02. The minimum absolute atomic E-state index is 0.207. The standard InChI is InChI=1S/C21H33N3O/c1-4-11-24-19-9-10-20(24)13-18(12-19)21(25)22-14-16-5-7-17(8-6-16)15-23(2)3/h5-8,18-20H,4,9-15H2,1-3H3,(H,22,25)/t19-,20-/m0/s1. The molecular weight excluding hydrogens is 310 g/mol. The molecule has 0 radical (unpaired) electrons. The van der Waals surface area contributed by atoms with Crippen LogP contribution in [-0.4, -0.2) is 48.4 Å². The third kappa shape index (κ3) is 4.62. The molecular formula is C21H33N3O. The number of piperidine rings is 1. The molecule has 0 unspecified atom stereocenters. The van der Waals surface area contributed by atoms with Crippen LogP contribution in [0.2, 0.25) is 0 Å². The van der Waals surface area contributed by atoms with E-state index in [-0.39, 0.29) is 11.8 Å². The van der Waals surface area contributed by atoms with E-state index >= 15 is 0 Å². The van der Waals surface area contributed by atoms with Gasteiger partial charge in [0.1, 0.15) is 0 Å². The number of amides is 1. The number of carbonyl (C=O) groups excluding carboxylic acids is 1. The van der Waals surface area contributed by atoms with Gasteiger partial charge in [-0.1, -0.05) is 31.2 Å². The molecule has 2 fully saturated rings. The fourth-order valence-corrected chi connectivity index (χ4v) is 4.57. The van der Waals surface area contributed by atoms with Gasteiger partial charge in [0.2, 0.25) is 5.91 Å². The molecule has 0 spiro atoms. The second-order valence-corrected chi connectivity index (χ2v) is 8.06. The maximum atomic E-state index is 12.6. The van der Waals surface area contributed by atoms with Crippen molar-refractivity contribution in [3.63, 3.8) is 0 Å². The maximum Gasteiger partial charge on any atom is 0.223 e. The van der Waals surface area contributed by atoms with Crippen LogP contribution < -0.4 is 5.32 Å². The molecule has 2 aliphatic heterocycles. The topological polar surface area (TPSA) is 35.6 Å². The van der Waals surface area contributed by atoms with Gasteiger partial charge in [0, 0.05) is 31.1 Å². The molecule has 138 valence electrons. The van der Waals surface area contributed by atoms with Crippen LogP contribution in [0.1, 0.15) is 50.2 Å². The van der Waals surface area contributed by atoms with E-state index in [9.17, 15) is 4.79 Å². The van der Waals surface area contributed by atoms with E-state index in [4.69, 9.17) is 0 Å². The predicted molar refractivity (Wildman–Crippen MR) is 102 cm³/mol. The number of hydrogen-bond donors (Lipinski definition) is 1. The SMILES string of the molecule is CCCN1[C@H]2CC[C@H]1CC(C(=O)NCc1ccc(CN(C)C)cc1)C2. The Morgan fingerprint density at radius 1 is 1.12 bits per heavy atom. The molecule has 2 saturated heterocycles. The van der Waals surface area contributed by atoms with Crippen LogP contribution in [0.3, 0.4) is 0 Å². The third-order valence-electron chi connectivity index (χ3n) is 5.73. The Labute approximate surface area is 152 Å². The number of hydrogen-bond acceptors (Lipinski definition) is 3. The van der Waals surface area contributed by atoms with Gasteiger partial charge in [0.15, 0.2) is 0 Å². The Morgan fingerprint density at radius 3 is 2.28 bits per heavy atom. The highest BCUT2D eigenvalue weighted by atomic mass is 16.1. The van der Waals surface area contributed by atoms with E-state index in [1.807, 2.05) is 0 Å². The van der Waals surface area contributed by atoms with E-state index in [1.165, 1.54) is 36.9 Å². The van der Waals surface area contributed by atoms with Gasteiger partial charge in [0.05, 0.1) is 0 Å². The van der Waals surface area contributed by atoms with Crippen LogP contribution >= 0.6 is 0 Å². The molecule has 2 atom stereocenters. The van der Waals surface area contributed by atoms with Crippen molar-refractivity contribution in [2.75, 3.05) is 20.6 Å². The first-order valence-electron chi connectivity index (χ1n) is 9.82. The Morgan fingerprint density at radius 2 is 1.72 bits per heavy atom. The number of nitrogens with zero attached hydrogens (tertiary/aromatic N) is 2. The molecule has 4 heteroatoms. The van der Waals surface area contributed by atoms with Crippen LogP contribution in [0, 0.1) is 5.92 Å². The summed E-state index contributed by atoms with van der Waals surface area (Å²) in [6.45, 7) is 5.04. The van der Waals surface area contributed by atoms with Gasteiger partial charge in [-0.2, -0.15) is 0 Å². The minimum atomic E-state index is 0.207. The highest BCUT2D eigenvalue weighted by Crippen LogP contribution is 2.38. The molecule has 4 nitrogen and oxygen atoms in total. The number of carbonyl (C=O) groups is 1. The van der Waals surface area contributed by atoms with E-state index in [0.717, 1.165) is 19.4 Å². The van der Waals surface area contributed by atoms with E-state index in [2.05, 4.69) is 60.4 Å². The van der Waals surface area contributed by atoms with Gasteiger partial charge in [-0.3, -0.25) is 9.69 Å². The second kappa shape index (κ2) is 8.33. The van der Waals surface area contributed by atoms with Gasteiger partial charge in [-0.05, 0) is 63.9 Å². The van der Waals surface area contributed by atoms with E-state index in [1.54, 1.807) is 0 Å². The highest BCUT2D eigenvalue weighted by Gasteiger charge is 2.42. The lowest BCUT2D eigenvalue weighted by molar-refractivity contribution is -0.127. The summed E-state index contributed by atoms with van der Waals surface area (Å²) in [5.74, 6) is 0.462. The molecule has 0 aliphatic carbocycles. The molecule has 1 aromatic rings. The molecule has 1 amide bonds. The van der Waals surface area contributed by atoms with Gasteiger partial charge in [-0.25, -0.2) is 0 Å².